The Labute approximate surface area is 893 Å². The van der Waals surface area contributed by atoms with E-state index in [9.17, 15) is 84.9 Å². The number of carbonyl (C=O) groups excluding carboxylic acids is 13. The highest BCUT2D eigenvalue weighted by Gasteiger charge is 2.43. The first-order valence-corrected chi connectivity index (χ1v) is 48.9. The minimum Gasteiger partial charge on any atom is -0.503 e. The topological polar surface area (TPSA) is 600 Å². The number of benzene rings is 2. The van der Waals surface area contributed by atoms with Gasteiger partial charge in [-0.2, -0.15) is 4.39 Å². The number of phenols is 1. The molecule has 0 fully saturated rings. The third-order valence-electron chi connectivity index (χ3n) is 18.1. The van der Waals surface area contributed by atoms with Crippen LogP contribution in [0.2, 0.25) is 0 Å². The van der Waals surface area contributed by atoms with Crippen molar-refractivity contribution >= 4 is 167 Å². The van der Waals surface area contributed by atoms with E-state index >= 15 is 0 Å². The van der Waals surface area contributed by atoms with Crippen molar-refractivity contribution in [2.24, 2.45) is 5.73 Å². The summed E-state index contributed by atoms with van der Waals surface area (Å²) in [7, 11) is 7.41. The van der Waals surface area contributed by atoms with Crippen molar-refractivity contribution in [3.05, 3.63) is 196 Å². The van der Waals surface area contributed by atoms with Crippen LogP contribution in [0.25, 0.3) is 6.08 Å². The molecule has 0 bridgehead atoms. The number of pyridine rings is 5. The Morgan fingerprint density at radius 1 is 0.460 bits per heavy atom. The average Bonchev–Trinajstić information content (AvgIpc) is 0.829. The Morgan fingerprint density at radius 2 is 0.827 bits per heavy atom. The van der Waals surface area contributed by atoms with Gasteiger partial charge in [-0.05, 0) is 258 Å². The Kier molecular flexibility index (Phi) is 63.4. The second-order valence-corrected chi connectivity index (χ2v) is 40.5. The van der Waals surface area contributed by atoms with Gasteiger partial charge in [0.05, 0.1) is 44.2 Å². The number of alkyl halides is 3. The molecule has 7 rings (SSSR count). The molecule has 44 nitrogen and oxygen atoms in total. The number of aliphatic carboxylic acids is 1. The molecule has 0 aliphatic heterocycles. The van der Waals surface area contributed by atoms with E-state index in [1.54, 1.807) is 215 Å². The maximum absolute atomic E-state index is 12.3. The number of amides is 7. The number of esters is 4. The van der Waals surface area contributed by atoms with Gasteiger partial charge in [0.1, 0.15) is 81.9 Å². The van der Waals surface area contributed by atoms with E-state index in [4.69, 9.17) is 86.1 Å². The van der Waals surface area contributed by atoms with Crippen molar-refractivity contribution in [2.75, 3.05) is 95.0 Å². The molecule has 51 heteroatoms. The number of carbonyl (C=O) groups is 14. The number of hydrogen-bond donors (Lipinski definition) is 10. The first-order valence-electron chi connectivity index (χ1n) is 44.7. The summed E-state index contributed by atoms with van der Waals surface area (Å²) in [6, 6.07) is 24.3. The molecule has 0 saturated carbocycles. The number of phenolic OH excluding ortho intramolecular Hbond substituents is 1. The highest BCUT2D eigenvalue weighted by atomic mass is 127. The number of nitrogens with one attached hydrogen (secondary N) is 7. The molecule has 0 radical (unpaired) electrons. The lowest BCUT2D eigenvalue weighted by Gasteiger charge is -2.25. The zero-order valence-electron chi connectivity index (χ0n) is 89.2. The Bertz CT molecular complexity index is 5440. The fourth-order valence-electron chi connectivity index (χ4n) is 9.99. The number of ether oxygens (including phenoxy) is 12. The van der Waals surface area contributed by atoms with Crippen LogP contribution >= 0.6 is 53.4 Å². The number of hydrogen-bond acceptors (Lipinski definition) is 36. The summed E-state index contributed by atoms with van der Waals surface area (Å²) in [4.78, 5) is 182. The molecule has 7 aromatic rings. The summed E-state index contributed by atoms with van der Waals surface area (Å²) >= 11 is 12.7. The lowest BCUT2D eigenvalue weighted by molar-refractivity contribution is -0.158. The zero-order valence-corrected chi connectivity index (χ0v) is 93.7. The summed E-state index contributed by atoms with van der Waals surface area (Å²) in [5.41, 5.74) is 5.59. The van der Waals surface area contributed by atoms with Gasteiger partial charge in [0, 0.05) is 89.8 Å². The van der Waals surface area contributed by atoms with E-state index in [0.717, 1.165) is 50.0 Å². The second kappa shape index (κ2) is 68.5. The summed E-state index contributed by atoms with van der Waals surface area (Å²) in [6.07, 6.45) is 7.32. The minimum absolute atomic E-state index is 0.00910. The molecule has 4 unspecified atom stereocenters. The number of rotatable bonds is 32. The van der Waals surface area contributed by atoms with Gasteiger partial charge in [-0.15, -0.1) is 23.2 Å². The number of aromatic nitrogens is 5. The number of aromatic hydroxyl groups is 1. The van der Waals surface area contributed by atoms with Crippen LogP contribution in [0.3, 0.4) is 0 Å². The zero-order chi connectivity index (χ0) is 116. The smallest absolute Gasteiger partial charge is 0.413 e. The normalized spacial score (nSPS) is 11.9. The number of ketones is 1. The molecule has 832 valence electrons. The van der Waals surface area contributed by atoms with Crippen molar-refractivity contribution in [3.8, 4) is 5.75 Å². The predicted octanol–water partition coefficient (Wildman–Crippen LogP) is 16.2. The fourth-order valence-corrected chi connectivity index (χ4v) is 11.4. The first kappa shape index (κ1) is 139. The fraction of sp³-hybridized carbons (Fsp3) is 0.465. The Morgan fingerprint density at radius 3 is 1.17 bits per heavy atom. The van der Waals surface area contributed by atoms with Crippen molar-refractivity contribution in [1.29, 1.82) is 0 Å². The number of methoxy groups -OCH3 is 7. The number of Topliss-reactive ketones (excluding diaryl/α,β-unsaturated/α-hetero) is 1. The van der Waals surface area contributed by atoms with Crippen LogP contribution in [-0.2, 0) is 135 Å². The summed E-state index contributed by atoms with van der Waals surface area (Å²) < 4.78 is 118. The number of anilines is 4. The van der Waals surface area contributed by atoms with Gasteiger partial charge in [-0.25, -0.2) is 71.9 Å². The number of carboxylic acid groups (broad SMARTS) is 1. The van der Waals surface area contributed by atoms with Gasteiger partial charge >= 0.3 is 67.9 Å². The molecule has 4 atom stereocenters. The highest BCUT2D eigenvalue weighted by molar-refractivity contribution is 14.1. The largest absolute Gasteiger partial charge is 0.503 e. The Hall–Kier alpha value is -13.2. The maximum atomic E-state index is 12.3. The molecule has 7 amide bonds. The van der Waals surface area contributed by atoms with Gasteiger partial charge in [-0.1, -0.05) is 52.9 Å². The molecule has 11 N–H and O–H groups in total. The van der Waals surface area contributed by atoms with Crippen LogP contribution in [0.4, 0.5) is 60.4 Å². The Balaban J connectivity index is 0. The molecule has 0 aliphatic rings. The molecule has 0 aliphatic carbocycles. The van der Waals surface area contributed by atoms with Gasteiger partial charge < -0.3 is 92.5 Å². The van der Waals surface area contributed by atoms with Crippen molar-refractivity contribution in [2.45, 2.75) is 227 Å². The number of halogens is 6. The van der Waals surface area contributed by atoms with Gasteiger partial charge in [-0.3, -0.25) is 60.1 Å². The highest BCUT2D eigenvalue weighted by Crippen LogP contribution is 2.51. The van der Waals surface area contributed by atoms with E-state index < -0.39 is 166 Å². The molecule has 5 heterocycles. The van der Waals surface area contributed by atoms with E-state index in [0.29, 0.717) is 49.9 Å². The van der Waals surface area contributed by atoms with E-state index in [1.807, 2.05) is 13.0 Å². The number of nitrogens with two attached hydrogens (primary N) is 1. The van der Waals surface area contributed by atoms with Gasteiger partial charge in [0.2, 0.25) is 11.6 Å². The SMILES string of the molecule is COC(=O)/C(C)=C/c1ccnc(NC(=O)OC(C)(C)C)c1.COC(=O)C(Cc1ccnc(NC(=O)OC(C)(C)C)c1)NC(=O)C(C)(C)OC.COC(=O)C(N)Cc1ccnc(NC(=O)OC(C)(C)C)c1.COC(=O)C(NC(=O)OCc1ccccc1)P(=O)(OC)OC.COC(C)(C)C(=O)NC(Cc1ccnc(NC(=O)OC(C)(C)C)c1)C(=O)CCl.COC(C)(C)C(=O)O.Cc1cc(C=O)ccn1.ClCI.Oc1c(F)ccc(F)c1F. The summed E-state index contributed by atoms with van der Waals surface area (Å²) in [5.74, 6) is -10.5. The number of carboxylic acids is 1. The average molecular weight is 2290 g/mol. The molecule has 5 aromatic heterocycles. The standard InChI is InChI=1S/C19H28ClN3O5.C19H29N3O6.C15H20N2O4.C14H21N3O4.C13H18NO7P.C7H7NO.C6H3F3O.C5H10O3.CH2ClI/c1-18(2,3)28-17(26)23-15-10-12(7-8-21-15)9-13(14(24)11-20)22-16(25)19(4,5)27-6;1-18(2,3)28-17(25)22-14-11-12(8-9-20-14)10-13(15(23)26-6)21-16(24)19(4,5)27-7;1-10(13(18)20-5)8-11-6-7-16-12(9-11)17-14(19)21-15(2,3)4;1-14(2,3)21-13(19)17-11-8-9(5-6-16-11)7-10(15)12(18)20-4;1-18-12(15)11(22(17,19-2)20-3)14-13(16)21-9-10-7-5-4-6-8-10;1-6-4-7(5-9)2-3-8-6;7-3-1-2-4(8)6(10)5(3)9;1-5(2,8-3)4(6)7;2-1-3/h7-8,10,13H,9,11H2,1-6H3,(H,22,25)(H,21,23,26);8-9,11,13H,10H2,1-7H3,(H,21,24)(H,20,22,25);6-9H,1-5H3,(H,16,17,19);5-6,8,10H,7,15H2,1-4H3,(H,16,17,19);4-8,11H,9H2,1-3H3,(H,14,16);2-5H,1H3;1-2,10H;1-3H3,(H,6,7);1H2/b;;10-8+;;;;;;. The van der Waals surface area contributed by atoms with Crippen LogP contribution in [0.5, 0.6) is 5.75 Å². The first-order chi connectivity index (χ1) is 69.5. The molecule has 0 spiro atoms. The number of nitrogens with zero attached hydrogens (tertiary/aromatic N) is 5. The lowest BCUT2D eigenvalue weighted by atomic mass is 10.0. The van der Waals surface area contributed by atoms with Crippen LogP contribution < -0.4 is 43.0 Å². The second-order valence-electron chi connectivity index (χ2n) is 36.0. The molecule has 150 heavy (non-hydrogen) atoms. The lowest BCUT2D eigenvalue weighted by Crippen LogP contribution is -2.51. The van der Waals surface area contributed by atoms with Gasteiger partial charge in [0.15, 0.2) is 28.8 Å². The van der Waals surface area contributed by atoms with E-state index in [2.05, 4.69) is 104 Å². The third-order valence-corrected chi connectivity index (χ3v) is 20.3. The van der Waals surface area contributed by atoms with E-state index in [1.165, 1.54) is 81.3 Å². The number of aldehydes is 1. The minimum atomic E-state index is -3.90. The van der Waals surface area contributed by atoms with Crippen LogP contribution in [-0.4, -0.2) is 256 Å². The van der Waals surface area contributed by atoms with Crippen LogP contribution in [0, 0.1) is 24.4 Å². The van der Waals surface area contributed by atoms with Crippen molar-refractivity contribution in [3.63, 3.8) is 0 Å². The van der Waals surface area contributed by atoms with Crippen molar-refractivity contribution < 1.29 is 161 Å². The third kappa shape index (κ3) is 59.3. The maximum Gasteiger partial charge on any atom is 0.413 e. The molecule has 0 saturated heterocycles. The predicted molar refractivity (Wildman–Crippen MR) is 560 cm³/mol. The molecule has 2 aromatic carbocycles. The van der Waals surface area contributed by atoms with Crippen LogP contribution in [0.15, 0.2) is 140 Å². The van der Waals surface area contributed by atoms with Gasteiger partial charge in [0.25, 0.3) is 11.8 Å². The molecular formula is C99H138Cl2F3IN13O31P. The molecular weight excluding hydrogens is 2150 g/mol. The quantitative estimate of drug-likeness (QED) is 0.00274. The number of alkyl carbamates (subject to hydrolysis) is 1. The summed E-state index contributed by atoms with van der Waals surface area (Å²) in [6.45, 7) is 34.0. The van der Waals surface area contributed by atoms with Crippen LogP contribution in [0.1, 0.15) is 175 Å². The van der Waals surface area contributed by atoms with Crippen molar-refractivity contribution in [1.82, 2.24) is 40.9 Å². The number of aryl methyl sites for hydroxylation is 1. The summed E-state index contributed by atoms with van der Waals surface area (Å²) in [5, 5.41) is 34.3. The van der Waals surface area contributed by atoms with E-state index in [-0.39, 0.29) is 49.2 Å². The monoisotopic (exact) mass is 2290 g/mol.